The third-order valence-corrected chi connectivity index (χ3v) is 4.63. The molecule has 0 aliphatic carbocycles. The zero-order chi connectivity index (χ0) is 25.8. The molecule has 21 heavy (non-hydrogen) atoms. The van der Waals surface area contributed by atoms with E-state index in [2.05, 4.69) is 4.98 Å². The first-order valence-electron chi connectivity index (χ1n) is 12.5. The van der Waals surface area contributed by atoms with Gasteiger partial charge in [-0.05, 0) is 46.3 Å². The predicted molar refractivity (Wildman–Crippen MR) is 88.4 cm³/mol. The molecule has 4 nitrogen and oxygen atoms in total. The third kappa shape index (κ3) is 2.85. The van der Waals surface area contributed by atoms with Crippen LogP contribution in [0.2, 0.25) is 0 Å². The summed E-state index contributed by atoms with van der Waals surface area (Å²) in [5.74, 6) is -3.78. The monoisotopic (exact) mass is 320 g/mol. The zero-order valence-corrected chi connectivity index (χ0v) is 13.1. The summed E-state index contributed by atoms with van der Waals surface area (Å²) in [7, 11) is -0.993. The van der Waals surface area contributed by atoms with Crippen LogP contribution in [0.1, 0.15) is 63.7 Å². The molecule has 1 aromatic heterocycles. The van der Waals surface area contributed by atoms with E-state index in [1.165, 1.54) is 5.38 Å². The minimum Gasteiger partial charge on any atom is -0.398 e. The first kappa shape index (κ1) is 6.50. The van der Waals surface area contributed by atoms with Crippen molar-refractivity contribution in [2.45, 2.75) is 58.5 Å². The van der Waals surface area contributed by atoms with Crippen molar-refractivity contribution in [2.24, 2.45) is 5.89 Å². The maximum absolute atomic E-state index is 8.38. The van der Waals surface area contributed by atoms with E-state index in [-0.39, 0.29) is 10.5 Å². The van der Waals surface area contributed by atoms with Crippen molar-refractivity contribution in [1.82, 2.24) is 4.98 Å². The Labute approximate surface area is 148 Å². The van der Waals surface area contributed by atoms with Crippen LogP contribution >= 0.6 is 11.3 Å². The molecule has 0 atom stereocenters. The largest absolute Gasteiger partial charge is 0.515 e. The summed E-state index contributed by atoms with van der Waals surface area (Å²) in [6, 6.07) is 0. The molecule has 116 valence electrons. The Morgan fingerprint density at radius 1 is 1.38 bits per heavy atom. The highest BCUT2D eigenvalue weighted by molar-refractivity contribution is 7.14. The van der Waals surface area contributed by atoms with E-state index in [0.717, 1.165) is 0 Å². The lowest BCUT2D eigenvalue weighted by Gasteiger charge is -2.32. The Kier molecular flexibility index (Phi) is 1.62. The van der Waals surface area contributed by atoms with E-state index in [1.807, 2.05) is 0 Å². The van der Waals surface area contributed by atoms with Crippen molar-refractivity contribution in [1.29, 1.82) is 0 Å². The van der Waals surface area contributed by atoms with Gasteiger partial charge in [-0.25, -0.2) is 4.98 Å². The Morgan fingerprint density at radius 3 is 2.57 bits per heavy atom. The SMILES string of the molecule is [2H]C([2H])([2H])C1([2H])C([2H])([2H])C([2H])([2H])N(c2nc(B3OC(C)(C)C(C)(C)O3)cs2)C([2H])([2H])C1([2H])[2H]. The average Bonchev–Trinajstić information content (AvgIpc) is 3.13. The van der Waals surface area contributed by atoms with E-state index in [0.29, 0.717) is 11.3 Å². The van der Waals surface area contributed by atoms with Crippen molar-refractivity contribution in [3.05, 3.63) is 5.38 Å². The minimum absolute atomic E-state index is 0.139. The van der Waals surface area contributed by atoms with Crippen LogP contribution in [0, 0.1) is 5.89 Å². The number of hydrogen-bond acceptors (Lipinski definition) is 5. The van der Waals surface area contributed by atoms with Gasteiger partial charge in [-0.2, -0.15) is 0 Å². The first-order valence-corrected chi connectivity index (χ1v) is 7.39. The number of thiazole rings is 1. The van der Waals surface area contributed by atoms with E-state index < -0.39 is 61.9 Å². The molecule has 2 aliphatic rings. The molecule has 6 heteroatoms. The van der Waals surface area contributed by atoms with Gasteiger partial charge < -0.3 is 14.2 Å². The van der Waals surface area contributed by atoms with Gasteiger partial charge in [0.15, 0.2) is 5.13 Å². The van der Waals surface area contributed by atoms with Crippen molar-refractivity contribution < 1.29 is 25.8 Å². The van der Waals surface area contributed by atoms with Gasteiger partial charge in [0.05, 0.1) is 16.8 Å². The molecule has 0 unspecified atom stereocenters. The summed E-state index contributed by atoms with van der Waals surface area (Å²) in [6.07, 6.45) is -7.37. The smallest absolute Gasteiger partial charge is 0.398 e. The molecule has 3 heterocycles. The van der Waals surface area contributed by atoms with E-state index in [4.69, 9.17) is 25.8 Å². The maximum atomic E-state index is 8.38. The molecule has 0 saturated carbocycles. The van der Waals surface area contributed by atoms with Gasteiger partial charge >= 0.3 is 7.12 Å². The lowest BCUT2D eigenvalue weighted by molar-refractivity contribution is 0.00578. The number of anilines is 1. The van der Waals surface area contributed by atoms with Crippen LogP contribution in [0.5, 0.6) is 0 Å². The highest BCUT2D eigenvalue weighted by atomic mass is 32.1. The van der Waals surface area contributed by atoms with Gasteiger partial charge in [0.25, 0.3) is 0 Å². The second-order valence-corrected chi connectivity index (χ2v) is 6.66. The third-order valence-electron chi connectivity index (χ3n) is 3.78. The summed E-state index contributed by atoms with van der Waals surface area (Å²) in [5, 5.41) is 0.941. The maximum Gasteiger partial charge on any atom is 0.515 e. The van der Waals surface area contributed by atoms with Gasteiger partial charge in [0, 0.05) is 34.8 Å². The molecule has 0 radical (unpaired) electrons. The van der Waals surface area contributed by atoms with Gasteiger partial charge in [0.2, 0.25) is 0 Å². The van der Waals surface area contributed by atoms with Crippen molar-refractivity contribution in [3.8, 4) is 0 Å². The van der Waals surface area contributed by atoms with Crippen LogP contribution in [-0.2, 0) is 9.31 Å². The highest BCUT2D eigenvalue weighted by Gasteiger charge is 2.52. The molecule has 2 fully saturated rings. The average molecular weight is 320 g/mol. The molecule has 2 saturated heterocycles. The zero-order valence-electron chi connectivity index (χ0n) is 24.3. The summed E-state index contributed by atoms with van der Waals surface area (Å²) >= 11 is 0.697. The Morgan fingerprint density at radius 2 is 2.00 bits per heavy atom. The van der Waals surface area contributed by atoms with Crippen LogP contribution in [0.15, 0.2) is 5.38 Å². The van der Waals surface area contributed by atoms with Crippen molar-refractivity contribution in [3.63, 3.8) is 0 Å². The van der Waals surface area contributed by atoms with Crippen LogP contribution in [0.25, 0.3) is 0 Å². The van der Waals surface area contributed by atoms with E-state index in [1.54, 1.807) is 27.7 Å². The molecule has 1 aromatic rings. The minimum atomic E-state index is -3.78. The van der Waals surface area contributed by atoms with Gasteiger partial charge in [-0.15, -0.1) is 11.3 Å². The topological polar surface area (TPSA) is 34.6 Å². The standard InChI is InChI=1S/C15H25BN2O2S/c1-11-6-8-18(9-7-11)13-17-12(10-21-13)16-19-14(2,3)15(4,5)20-16/h10-11H,6-9H2,1-5H3/i1D3,6D2,7D2,8D2,9D2,11D. The number of nitrogens with zero attached hydrogens (tertiary/aromatic N) is 2. The van der Waals surface area contributed by atoms with Crippen LogP contribution < -0.4 is 10.5 Å². The first-order chi connectivity index (χ1) is 14.4. The lowest BCUT2D eigenvalue weighted by atomic mass is 9.86. The summed E-state index contributed by atoms with van der Waals surface area (Å²) in [5.41, 5.74) is -1.31. The molecule has 0 spiro atoms. The van der Waals surface area contributed by atoms with E-state index >= 15 is 0 Å². The lowest BCUT2D eigenvalue weighted by Crippen LogP contribution is -2.41. The summed E-state index contributed by atoms with van der Waals surface area (Å²) in [6.45, 7) is -3.43. The molecule has 0 aromatic carbocycles. The van der Waals surface area contributed by atoms with Crippen LogP contribution in [-0.4, -0.2) is 36.3 Å². The fourth-order valence-corrected chi connectivity index (χ4v) is 2.57. The molecule has 0 bridgehead atoms. The van der Waals surface area contributed by atoms with Gasteiger partial charge in [0.1, 0.15) is 0 Å². The normalized spacial score (nSPS) is 45.7. The molecule has 3 rings (SSSR count). The quantitative estimate of drug-likeness (QED) is 0.785. The number of rotatable bonds is 2. The van der Waals surface area contributed by atoms with Gasteiger partial charge in [-0.1, -0.05) is 6.85 Å². The van der Waals surface area contributed by atoms with E-state index in [9.17, 15) is 0 Å². The van der Waals surface area contributed by atoms with Crippen molar-refractivity contribution >= 4 is 29.2 Å². The highest BCUT2D eigenvalue weighted by Crippen LogP contribution is 2.36. The van der Waals surface area contributed by atoms with Crippen molar-refractivity contribution in [2.75, 3.05) is 17.9 Å². The molecular formula is C15H25BN2O2S. The predicted octanol–water partition coefficient (Wildman–Crippen LogP) is 2.68. The van der Waals surface area contributed by atoms with Gasteiger partial charge in [-0.3, -0.25) is 0 Å². The summed E-state index contributed by atoms with van der Waals surface area (Å²) < 4.78 is 109. The number of piperidine rings is 1. The number of hydrogen-bond donors (Lipinski definition) is 0. The molecular weight excluding hydrogens is 283 g/mol. The fourth-order valence-electron chi connectivity index (χ4n) is 1.83. The second kappa shape index (κ2) is 5.25. The molecule has 2 aliphatic heterocycles. The van der Waals surface area contributed by atoms with Crippen LogP contribution in [0.4, 0.5) is 5.13 Å². The Balaban J connectivity index is 2.14. The second-order valence-electron chi connectivity index (χ2n) is 5.83. The Bertz CT molecular complexity index is 904. The van der Waals surface area contributed by atoms with Crippen LogP contribution in [0.3, 0.4) is 0 Å². The fraction of sp³-hybridized carbons (Fsp3) is 0.800. The molecule has 0 amide bonds. The summed E-state index contributed by atoms with van der Waals surface area (Å²) in [4.78, 5) is 4.31. The molecule has 0 N–H and O–H groups in total. The number of aromatic nitrogens is 1. The Hall–Kier alpha value is -0.585.